The summed E-state index contributed by atoms with van der Waals surface area (Å²) in [7, 11) is 0. The van der Waals surface area contributed by atoms with Crippen molar-refractivity contribution in [3.8, 4) is 0 Å². The molecule has 1 amide bonds. The number of aryl methyl sites for hydroxylation is 3. The van der Waals surface area contributed by atoms with Gasteiger partial charge in [-0.15, -0.1) is 0 Å². The van der Waals surface area contributed by atoms with Gasteiger partial charge in [-0.2, -0.15) is 0 Å². The SMILES string of the molecule is CCc1cc(C(=O)N2CCC(c3nc(C)cc(C)n3)C2)no1. The number of likely N-dealkylation sites (tertiary alicyclic amines) is 1. The van der Waals surface area contributed by atoms with Crippen molar-refractivity contribution < 1.29 is 9.32 Å². The van der Waals surface area contributed by atoms with Crippen LogP contribution in [0.1, 0.15) is 52.7 Å². The van der Waals surface area contributed by atoms with E-state index >= 15 is 0 Å². The number of hydrogen-bond acceptors (Lipinski definition) is 5. The number of carbonyl (C=O) groups excluding carboxylic acids is 1. The highest BCUT2D eigenvalue weighted by Gasteiger charge is 2.31. The van der Waals surface area contributed by atoms with E-state index in [4.69, 9.17) is 4.52 Å². The average Bonchev–Trinajstić information content (AvgIpc) is 3.15. The summed E-state index contributed by atoms with van der Waals surface area (Å²) in [4.78, 5) is 23.3. The van der Waals surface area contributed by atoms with Crippen LogP contribution in [0.15, 0.2) is 16.7 Å². The third-order valence-electron chi connectivity index (χ3n) is 3.97. The molecule has 2 aromatic rings. The maximum absolute atomic E-state index is 12.4. The highest BCUT2D eigenvalue weighted by atomic mass is 16.5. The summed E-state index contributed by atoms with van der Waals surface area (Å²) in [5.41, 5.74) is 2.33. The van der Waals surface area contributed by atoms with Crippen molar-refractivity contribution in [1.29, 1.82) is 0 Å². The largest absolute Gasteiger partial charge is 0.361 e. The van der Waals surface area contributed by atoms with Gasteiger partial charge in [0.2, 0.25) is 0 Å². The van der Waals surface area contributed by atoms with Crippen LogP contribution in [0.3, 0.4) is 0 Å². The number of carbonyl (C=O) groups is 1. The average molecular weight is 300 g/mol. The second-order valence-electron chi connectivity index (χ2n) is 5.78. The lowest BCUT2D eigenvalue weighted by Gasteiger charge is -2.14. The minimum absolute atomic E-state index is 0.0738. The lowest BCUT2D eigenvalue weighted by atomic mass is 10.1. The van der Waals surface area contributed by atoms with Gasteiger partial charge >= 0.3 is 0 Å². The van der Waals surface area contributed by atoms with E-state index < -0.39 is 0 Å². The van der Waals surface area contributed by atoms with Gasteiger partial charge in [0.25, 0.3) is 5.91 Å². The Morgan fingerprint density at radius 1 is 1.32 bits per heavy atom. The van der Waals surface area contributed by atoms with E-state index in [2.05, 4.69) is 15.1 Å². The van der Waals surface area contributed by atoms with Crippen molar-refractivity contribution in [2.24, 2.45) is 0 Å². The van der Waals surface area contributed by atoms with Crippen LogP contribution in [0.4, 0.5) is 0 Å². The molecule has 0 radical (unpaired) electrons. The van der Waals surface area contributed by atoms with Crippen LogP contribution in [0, 0.1) is 13.8 Å². The van der Waals surface area contributed by atoms with Crippen LogP contribution in [-0.2, 0) is 6.42 Å². The fourth-order valence-corrected chi connectivity index (χ4v) is 2.83. The van der Waals surface area contributed by atoms with Crippen molar-refractivity contribution in [1.82, 2.24) is 20.0 Å². The van der Waals surface area contributed by atoms with Gasteiger partial charge in [0, 0.05) is 42.9 Å². The molecular formula is C16H20N4O2. The molecule has 0 aliphatic carbocycles. The Bertz CT molecular complexity index is 675. The highest BCUT2D eigenvalue weighted by molar-refractivity contribution is 5.92. The minimum Gasteiger partial charge on any atom is -0.361 e. The van der Waals surface area contributed by atoms with E-state index in [0.717, 1.165) is 35.8 Å². The number of amides is 1. The van der Waals surface area contributed by atoms with Crippen LogP contribution in [0.5, 0.6) is 0 Å². The Hall–Kier alpha value is -2.24. The molecule has 0 N–H and O–H groups in total. The first-order valence-electron chi connectivity index (χ1n) is 7.64. The molecule has 0 bridgehead atoms. The topological polar surface area (TPSA) is 72.1 Å². The van der Waals surface area contributed by atoms with Crippen LogP contribution < -0.4 is 0 Å². The van der Waals surface area contributed by atoms with Crippen molar-refractivity contribution in [3.63, 3.8) is 0 Å². The van der Waals surface area contributed by atoms with Gasteiger partial charge in [-0.1, -0.05) is 12.1 Å². The van der Waals surface area contributed by atoms with Gasteiger partial charge in [0.1, 0.15) is 11.6 Å². The Morgan fingerprint density at radius 3 is 2.68 bits per heavy atom. The molecule has 6 nitrogen and oxygen atoms in total. The van der Waals surface area contributed by atoms with Crippen molar-refractivity contribution in [3.05, 3.63) is 40.8 Å². The normalized spacial score (nSPS) is 18.0. The number of nitrogens with zero attached hydrogens (tertiary/aromatic N) is 4. The first kappa shape index (κ1) is 14.7. The molecule has 0 saturated carbocycles. The van der Waals surface area contributed by atoms with Crippen molar-refractivity contribution >= 4 is 5.91 Å². The Morgan fingerprint density at radius 2 is 2.05 bits per heavy atom. The minimum atomic E-state index is -0.0738. The Kier molecular flexibility index (Phi) is 3.92. The first-order chi connectivity index (χ1) is 10.6. The predicted molar refractivity (Wildman–Crippen MR) is 80.6 cm³/mol. The fourth-order valence-electron chi connectivity index (χ4n) is 2.83. The highest BCUT2D eigenvalue weighted by Crippen LogP contribution is 2.26. The van der Waals surface area contributed by atoms with Gasteiger partial charge in [0.05, 0.1) is 0 Å². The summed E-state index contributed by atoms with van der Waals surface area (Å²) < 4.78 is 5.12. The first-order valence-corrected chi connectivity index (χ1v) is 7.64. The lowest BCUT2D eigenvalue weighted by Crippen LogP contribution is -2.28. The molecule has 1 aliphatic heterocycles. The second-order valence-corrected chi connectivity index (χ2v) is 5.78. The van der Waals surface area contributed by atoms with Crippen LogP contribution in [-0.4, -0.2) is 39.0 Å². The quantitative estimate of drug-likeness (QED) is 0.869. The summed E-state index contributed by atoms with van der Waals surface area (Å²) in [6.07, 6.45) is 1.62. The van der Waals surface area contributed by atoms with E-state index in [0.29, 0.717) is 18.8 Å². The third-order valence-corrected chi connectivity index (χ3v) is 3.97. The maximum Gasteiger partial charge on any atom is 0.276 e. The summed E-state index contributed by atoms with van der Waals surface area (Å²) in [6, 6.07) is 3.69. The van der Waals surface area contributed by atoms with E-state index in [1.165, 1.54) is 0 Å². The zero-order valence-electron chi connectivity index (χ0n) is 13.2. The van der Waals surface area contributed by atoms with Crippen LogP contribution in [0.25, 0.3) is 0 Å². The Balaban J connectivity index is 1.72. The fraction of sp³-hybridized carbons (Fsp3) is 0.500. The zero-order chi connectivity index (χ0) is 15.7. The second kappa shape index (κ2) is 5.87. The summed E-state index contributed by atoms with van der Waals surface area (Å²) >= 11 is 0. The molecule has 1 saturated heterocycles. The van der Waals surface area contributed by atoms with E-state index in [1.807, 2.05) is 31.7 Å². The molecule has 3 rings (SSSR count). The molecule has 116 valence electrons. The maximum atomic E-state index is 12.4. The summed E-state index contributed by atoms with van der Waals surface area (Å²) in [5, 5.41) is 3.86. The third kappa shape index (κ3) is 2.86. The number of hydrogen-bond donors (Lipinski definition) is 0. The molecule has 22 heavy (non-hydrogen) atoms. The van der Waals surface area contributed by atoms with Crippen molar-refractivity contribution in [2.45, 2.75) is 39.5 Å². The lowest BCUT2D eigenvalue weighted by molar-refractivity contribution is 0.0780. The predicted octanol–water partition coefficient (Wildman–Crippen LogP) is 2.27. The molecule has 1 unspecified atom stereocenters. The van der Waals surface area contributed by atoms with Gasteiger partial charge in [-0.3, -0.25) is 4.79 Å². The Labute approximate surface area is 129 Å². The number of rotatable bonds is 3. The van der Waals surface area contributed by atoms with E-state index in [-0.39, 0.29) is 11.8 Å². The molecule has 1 aliphatic rings. The molecule has 1 fully saturated rings. The molecular weight excluding hydrogens is 280 g/mol. The van der Waals surface area contributed by atoms with Crippen molar-refractivity contribution in [2.75, 3.05) is 13.1 Å². The molecule has 2 aromatic heterocycles. The molecule has 3 heterocycles. The zero-order valence-corrected chi connectivity index (χ0v) is 13.2. The monoisotopic (exact) mass is 300 g/mol. The molecule has 0 aromatic carbocycles. The van der Waals surface area contributed by atoms with E-state index in [9.17, 15) is 4.79 Å². The smallest absolute Gasteiger partial charge is 0.276 e. The van der Waals surface area contributed by atoms with Gasteiger partial charge < -0.3 is 9.42 Å². The van der Waals surface area contributed by atoms with Crippen LogP contribution >= 0.6 is 0 Å². The molecule has 6 heteroatoms. The van der Waals surface area contributed by atoms with Gasteiger partial charge in [0.15, 0.2) is 5.69 Å². The van der Waals surface area contributed by atoms with Gasteiger partial charge in [-0.25, -0.2) is 9.97 Å². The van der Waals surface area contributed by atoms with E-state index in [1.54, 1.807) is 6.07 Å². The summed E-state index contributed by atoms with van der Waals surface area (Å²) in [5.74, 6) is 1.69. The van der Waals surface area contributed by atoms with Crippen LogP contribution in [0.2, 0.25) is 0 Å². The van der Waals surface area contributed by atoms with Gasteiger partial charge in [-0.05, 0) is 26.3 Å². The molecule has 0 spiro atoms. The standard InChI is InChI=1S/C16H20N4O2/c1-4-13-8-14(19-22-13)16(21)20-6-5-12(9-20)15-17-10(2)7-11(3)18-15/h7-8,12H,4-6,9H2,1-3H3. The molecule has 1 atom stereocenters. The summed E-state index contributed by atoms with van der Waals surface area (Å²) in [6.45, 7) is 7.25. The number of aromatic nitrogens is 3.